The zero-order chi connectivity index (χ0) is 26.7. The molecule has 0 saturated heterocycles. The van der Waals surface area contributed by atoms with Crippen molar-refractivity contribution in [2.75, 3.05) is 20.8 Å². The van der Waals surface area contributed by atoms with Gasteiger partial charge in [-0.1, -0.05) is 30.3 Å². The van der Waals surface area contributed by atoms with Gasteiger partial charge in [0, 0.05) is 12.6 Å². The molecular formula is C28H28F4N2O3. The van der Waals surface area contributed by atoms with Gasteiger partial charge in [0.25, 0.3) is 0 Å². The Morgan fingerprint density at radius 2 is 1.73 bits per heavy atom. The Bertz CT molecular complexity index is 1260. The van der Waals surface area contributed by atoms with E-state index < -0.39 is 35.5 Å². The monoisotopic (exact) mass is 516 g/mol. The van der Waals surface area contributed by atoms with Crippen LogP contribution in [-0.2, 0) is 23.8 Å². The number of ether oxygens (including phenoxy) is 2. The van der Waals surface area contributed by atoms with Gasteiger partial charge in [-0.2, -0.15) is 13.2 Å². The van der Waals surface area contributed by atoms with Gasteiger partial charge < -0.3 is 15.2 Å². The molecule has 4 rings (SSSR count). The average Bonchev–Trinajstić information content (AvgIpc) is 2.86. The van der Waals surface area contributed by atoms with E-state index in [1.54, 1.807) is 0 Å². The molecule has 0 aromatic heterocycles. The van der Waals surface area contributed by atoms with Crippen LogP contribution in [0.1, 0.15) is 46.3 Å². The van der Waals surface area contributed by atoms with Crippen LogP contribution in [-0.4, -0.2) is 31.6 Å². The van der Waals surface area contributed by atoms with Crippen LogP contribution in [0.15, 0.2) is 60.7 Å². The molecule has 37 heavy (non-hydrogen) atoms. The van der Waals surface area contributed by atoms with E-state index in [1.807, 2.05) is 47.4 Å². The van der Waals surface area contributed by atoms with E-state index in [2.05, 4.69) is 0 Å². The summed E-state index contributed by atoms with van der Waals surface area (Å²) in [5.41, 5.74) is 7.62. The zero-order valence-corrected chi connectivity index (χ0v) is 20.5. The van der Waals surface area contributed by atoms with Gasteiger partial charge in [-0.05, 0) is 71.8 Å². The molecule has 196 valence electrons. The molecule has 0 aliphatic carbocycles. The molecule has 1 heterocycles. The molecule has 0 fully saturated rings. The van der Waals surface area contributed by atoms with Crippen LogP contribution in [0.3, 0.4) is 0 Å². The molecular weight excluding hydrogens is 488 g/mol. The van der Waals surface area contributed by atoms with E-state index in [4.69, 9.17) is 15.2 Å². The van der Waals surface area contributed by atoms with Crippen molar-refractivity contribution in [1.82, 2.24) is 4.90 Å². The Hall–Kier alpha value is -3.59. The molecule has 0 unspecified atom stereocenters. The average molecular weight is 517 g/mol. The number of hydrogen-bond acceptors (Lipinski definition) is 4. The number of carbonyl (C=O) groups excluding carboxylic acids is 1. The van der Waals surface area contributed by atoms with E-state index in [-0.39, 0.29) is 12.0 Å². The van der Waals surface area contributed by atoms with Gasteiger partial charge in [0.15, 0.2) is 11.5 Å². The third-order valence-electron chi connectivity index (χ3n) is 6.75. The summed E-state index contributed by atoms with van der Waals surface area (Å²) in [6, 6.07) is 14.2. The number of alkyl halides is 3. The maximum absolute atomic E-state index is 14.1. The second-order valence-corrected chi connectivity index (χ2v) is 9.01. The SMILES string of the molecule is COc1cc2c(cc1OC)[C@H](CCc1cc(F)cc(C(F)(F)F)c1)N([C@@H](C(N)=O)c1ccccc1)CC2. The largest absolute Gasteiger partial charge is 0.493 e. The van der Waals surface area contributed by atoms with E-state index >= 15 is 0 Å². The maximum atomic E-state index is 14.1. The minimum Gasteiger partial charge on any atom is -0.493 e. The van der Waals surface area contributed by atoms with Gasteiger partial charge in [-0.15, -0.1) is 0 Å². The van der Waals surface area contributed by atoms with Crippen LogP contribution in [0.5, 0.6) is 11.5 Å². The summed E-state index contributed by atoms with van der Waals surface area (Å²) >= 11 is 0. The fourth-order valence-electron chi connectivity index (χ4n) is 5.09. The van der Waals surface area contributed by atoms with Crippen molar-refractivity contribution in [3.05, 3.63) is 94.3 Å². The van der Waals surface area contributed by atoms with Gasteiger partial charge in [-0.3, -0.25) is 9.69 Å². The Balaban J connectivity index is 1.76. The summed E-state index contributed by atoms with van der Waals surface area (Å²) in [5.74, 6) is -0.432. The Morgan fingerprint density at radius 3 is 2.35 bits per heavy atom. The predicted molar refractivity (Wildman–Crippen MR) is 131 cm³/mol. The third-order valence-corrected chi connectivity index (χ3v) is 6.75. The molecule has 1 aliphatic heterocycles. The number of fused-ring (bicyclic) bond motifs is 1. The fraction of sp³-hybridized carbons (Fsp3) is 0.321. The molecule has 0 radical (unpaired) electrons. The van der Waals surface area contributed by atoms with Gasteiger partial charge in [0.2, 0.25) is 5.91 Å². The van der Waals surface area contributed by atoms with Crippen LogP contribution in [0.2, 0.25) is 0 Å². The number of hydrogen-bond donors (Lipinski definition) is 1. The number of rotatable bonds is 8. The van der Waals surface area contributed by atoms with E-state index in [0.717, 1.165) is 23.3 Å². The smallest absolute Gasteiger partial charge is 0.416 e. The number of nitrogens with zero attached hydrogens (tertiary/aromatic N) is 1. The van der Waals surface area contributed by atoms with Crippen molar-refractivity contribution in [3.8, 4) is 11.5 Å². The molecule has 9 heteroatoms. The first-order valence-electron chi connectivity index (χ1n) is 11.8. The number of methoxy groups -OCH3 is 2. The Labute approximate surface area is 212 Å². The lowest BCUT2D eigenvalue weighted by Gasteiger charge is -2.41. The normalized spacial score (nSPS) is 16.6. The van der Waals surface area contributed by atoms with Crippen molar-refractivity contribution in [2.45, 2.75) is 37.5 Å². The number of benzene rings is 3. The fourth-order valence-corrected chi connectivity index (χ4v) is 5.09. The van der Waals surface area contributed by atoms with Gasteiger partial charge >= 0.3 is 6.18 Å². The van der Waals surface area contributed by atoms with Crippen LogP contribution < -0.4 is 15.2 Å². The van der Waals surface area contributed by atoms with Gasteiger partial charge in [-0.25, -0.2) is 4.39 Å². The van der Waals surface area contributed by atoms with Crippen LogP contribution in [0.4, 0.5) is 17.6 Å². The van der Waals surface area contributed by atoms with Crippen molar-refractivity contribution in [3.63, 3.8) is 0 Å². The Morgan fingerprint density at radius 1 is 1.05 bits per heavy atom. The molecule has 3 aromatic rings. The van der Waals surface area contributed by atoms with E-state index in [9.17, 15) is 22.4 Å². The molecule has 2 N–H and O–H groups in total. The molecule has 1 amide bonds. The highest BCUT2D eigenvalue weighted by molar-refractivity contribution is 5.81. The third kappa shape index (κ3) is 5.72. The minimum absolute atomic E-state index is 0.149. The van der Waals surface area contributed by atoms with Crippen molar-refractivity contribution in [1.29, 1.82) is 0 Å². The lowest BCUT2D eigenvalue weighted by Crippen LogP contribution is -2.44. The van der Waals surface area contributed by atoms with Crippen LogP contribution in [0, 0.1) is 5.82 Å². The van der Waals surface area contributed by atoms with E-state index in [1.165, 1.54) is 14.2 Å². The zero-order valence-electron chi connectivity index (χ0n) is 20.5. The van der Waals surface area contributed by atoms with Crippen molar-refractivity contribution >= 4 is 5.91 Å². The minimum atomic E-state index is -4.66. The highest BCUT2D eigenvalue weighted by Gasteiger charge is 2.37. The quantitative estimate of drug-likeness (QED) is 0.395. The summed E-state index contributed by atoms with van der Waals surface area (Å²) in [6.45, 7) is 0.479. The highest BCUT2D eigenvalue weighted by Crippen LogP contribution is 2.43. The van der Waals surface area contributed by atoms with E-state index in [0.29, 0.717) is 42.5 Å². The first-order chi connectivity index (χ1) is 17.6. The summed E-state index contributed by atoms with van der Waals surface area (Å²) in [5, 5.41) is 0. The molecule has 0 saturated carbocycles. The number of amides is 1. The maximum Gasteiger partial charge on any atom is 0.416 e. The van der Waals surface area contributed by atoms with Gasteiger partial charge in [0.05, 0.1) is 19.8 Å². The number of carbonyl (C=O) groups is 1. The number of nitrogens with two attached hydrogens (primary N) is 1. The number of primary amides is 1. The van der Waals surface area contributed by atoms with Crippen LogP contribution in [0.25, 0.3) is 0 Å². The standard InChI is InChI=1S/C28H28F4N2O3/c1-36-24-14-19-10-11-34(26(27(33)35)18-6-4-3-5-7-18)23(22(19)16-25(24)37-2)9-8-17-12-20(28(30,31)32)15-21(29)13-17/h3-7,12-16,23,26H,8-11H2,1-2H3,(H2,33,35)/t23-,26+/m0/s1. The summed E-state index contributed by atoms with van der Waals surface area (Å²) in [6.07, 6.45) is -3.59. The summed E-state index contributed by atoms with van der Waals surface area (Å²) < 4.78 is 64.9. The molecule has 1 aliphatic rings. The first kappa shape index (κ1) is 26.5. The summed E-state index contributed by atoms with van der Waals surface area (Å²) in [7, 11) is 3.05. The summed E-state index contributed by atoms with van der Waals surface area (Å²) in [4.78, 5) is 14.7. The Kier molecular flexibility index (Phi) is 7.73. The number of aryl methyl sites for hydroxylation is 1. The molecule has 2 atom stereocenters. The van der Waals surface area contributed by atoms with Gasteiger partial charge in [0.1, 0.15) is 11.9 Å². The lowest BCUT2D eigenvalue weighted by atomic mass is 9.86. The first-order valence-corrected chi connectivity index (χ1v) is 11.8. The topological polar surface area (TPSA) is 64.8 Å². The highest BCUT2D eigenvalue weighted by atomic mass is 19.4. The molecule has 0 spiro atoms. The molecule has 3 aromatic carbocycles. The number of halogens is 4. The lowest BCUT2D eigenvalue weighted by molar-refractivity contribution is -0.137. The van der Waals surface area contributed by atoms with Crippen molar-refractivity contribution < 1.29 is 31.8 Å². The second-order valence-electron chi connectivity index (χ2n) is 9.01. The molecule has 0 bridgehead atoms. The second kappa shape index (κ2) is 10.8. The predicted octanol–water partition coefficient (Wildman–Crippen LogP) is 5.62. The van der Waals surface area contributed by atoms with Crippen molar-refractivity contribution in [2.24, 2.45) is 5.73 Å². The van der Waals surface area contributed by atoms with Crippen LogP contribution >= 0.6 is 0 Å². The molecule has 5 nitrogen and oxygen atoms in total.